The lowest BCUT2D eigenvalue weighted by molar-refractivity contribution is -0.384. The van der Waals surface area contributed by atoms with Crippen molar-refractivity contribution < 1.29 is 14.2 Å². The van der Waals surface area contributed by atoms with E-state index in [1.807, 2.05) is 31.3 Å². The third-order valence-electron chi connectivity index (χ3n) is 4.44. The second kappa shape index (κ2) is 7.96. The molecule has 0 N–H and O–H groups in total. The molecule has 0 radical (unpaired) electrons. The predicted molar refractivity (Wildman–Crippen MR) is 99.3 cm³/mol. The fourth-order valence-electron chi connectivity index (χ4n) is 2.77. The molecule has 2 aromatic carbocycles. The van der Waals surface area contributed by atoms with E-state index in [9.17, 15) is 10.1 Å². The first-order chi connectivity index (χ1) is 13.0. The quantitative estimate of drug-likeness (QED) is 0.462. The van der Waals surface area contributed by atoms with E-state index >= 15 is 0 Å². The summed E-state index contributed by atoms with van der Waals surface area (Å²) in [5.41, 5.74) is 1.75. The topological polar surface area (TPSA) is 94.5 Å². The summed E-state index contributed by atoms with van der Waals surface area (Å²) in [7, 11) is 3.62. The number of nitrogens with zero attached hydrogens (tertiary/aromatic N) is 4. The number of non-ortho nitro benzene ring substituents is 1. The normalized spacial score (nSPS) is 12.1. The summed E-state index contributed by atoms with van der Waals surface area (Å²) in [6.07, 6.45) is 0. The van der Waals surface area contributed by atoms with E-state index < -0.39 is 4.92 Å². The molecule has 1 aromatic heterocycles. The van der Waals surface area contributed by atoms with Crippen molar-refractivity contribution in [3.63, 3.8) is 0 Å². The van der Waals surface area contributed by atoms with Crippen LogP contribution in [0.1, 0.15) is 24.4 Å². The molecule has 3 rings (SSSR count). The van der Waals surface area contributed by atoms with Gasteiger partial charge in [-0.25, -0.2) is 0 Å². The van der Waals surface area contributed by atoms with Gasteiger partial charge in [0.1, 0.15) is 5.75 Å². The summed E-state index contributed by atoms with van der Waals surface area (Å²) in [6.45, 7) is 2.53. The molecule has 140 valence electrons. The van der Waals surface area contributed by atoms with E-state index in [0.29, 0.717) is 23.8 Å². The maximum Gasteiger partial charge on any atom is 0.269 e. The second-order valence-corrected chi connectivity index (χ2v) is 6.15. The van der Waals surface area contributed by atoms with Crippen LogP contribution in [0.25, 0.3) is 11.4 Å². The van der Waals surface area contributed by atoms with E-state index in [2.05, 4.69) is 22.0 Å². The van der Waals surface area contributed by atoms with Crippen LogP contribution < -0.4 is 4.74 Å². The molecule has 0 aliphatic rings. The van der Waals surface area contributed by atoms with Crippen molar-refractivity contribution in [2.24, 2.45) is 0 Å². The van der Waals surface area contributed by atoms with Crippen LogP contribution in [0.4, 0.5) is 5.69 Å². The molecule has 3 aromatic rings. The Balaban J connectivity index is 1.72. The molecule has 0 aliphatic heterocycles. The molecule has 0 saturated heterocycles. The van der Waals surface area contributed by atoms with Gasteiger partial charge in [-0.1, -0.05) is 23.4 Å². The lowest BCUT2D eigenvalue weighted by Gasteiger charge is -2.24. The molecule has 1 unspecified atom stereocenters. The lowest BCUT2D eigenvalue weighted by atomic mass is 10.1. The molecule has 0 saturated carbocycles. The summed E-state index contributed by atoms with van der Waals surface area (Å²) in [4.78, 5) is 16.8. The van der Waals surface area contributed by atoms with Crippen LogP contribution in [-0.2, 0) is 6.54 Å². The Morgan fingerprint density at radius 3 is 2.59 bits per heavy atom. The van der Waals surface area contributed by atoms with Gasteiger partial charge >= 0.3 is 0 Å². The SMILES string of the molecule is COc1ccccc1C(C)N(C)Cc1nc(-c2ccc([N+](=O)[O-])cc2)no1. The molecule has 8 nitrogen and oxygen atoms in total. The smallest absolute Gasteiger partial charge is 0.269 e. The highest BCUT2D eigenvalue weighted by Crippen LogP contribution is 2.29. The number of rotatable bonds is 7. The third kappa shape index (κ3) is 4.12. The molecule has 0 fully saturated rings. The van der Waals surface area contributed by atoms with Crippen LogP contribution >= 0.6 is 0 Å². The molecular formula is C19H20N4O4. The first-order valence-corrected chi connectivity index (χ1v) is 8.40. The summed E-state index contributed by atoms with van der Waals surface area (Å²) in [6, 6.07) is 14.0. The van der Waals surface area contributed by atoms with Gasteiger partial charge in [0, 0.05) is 29.3 Å². The number of ether oxygens (including phenoxy) is 1. The zero-order valence-electron chi connectivity index (χ0n) is 15.3. The highest BCUT2D eigenvalue weighted by atomic mass is 16.6. The number of nitro benzene ring substituents is 1. The fraction of sp³-hybridized carbons (Fsp3) is 0.263. The first kappa shape index (κ1) is 18.5. The Hall–Kier alpha value is -3.26. The van der Waals surface area contributed by atoms with Crippen LogP contribution in [-0.4, -0.2) is 34.1 Å². The van der Waals surface area contributed by atoms with Crippen molar-refractivity contribution in [1.82, 2.24) is 15.0 Å². The van der Waals surface area contributed by atoms with Gasteiger partial charge < -0.3 is 9.26 Å². The summed E-state index contributed by atoms with van der Waals surface area (Å²) in [5, 5.41) is 14.7. The van der Waals surface area contributed by atoms with E-state index in [1.54, 1.807) is 19.2 Å². The van der Waals surface area contributed by atoms with Gasteiger partial charge in [-0.3, -0.25) is 15.0 Å². The van der Waals surface area contributed by atoms with E-state index in [4.69, 9.17) is 9.26 Å². The number of hydrogen-bond donors (Lipinski definition) is 0. The molecule has 1 heterocycles. The van der Waals surface area contributed by atoms with Gasteiger partial charge in [0.2, 0.25) is 11.7 Å². The molecule has 0 spiro atoms. The minimum absolute atomic E-state index is 0.0211. The molecule has 1 atom stereocenters. The molecule has 8 heteroatoms. The number of nitro groups is 1. The second-order valence-electron chi connectivity index (χ2n) is 6.15. The van der Waals surface area contributed by atoms with Gasteiger partial charge in [-0.2, -0.15) is 4.98 Å². The molecule has 0 amide bonds. The van der Waals surface area contributed by atoms with Gasteiger partial charge in [-0.05, 0) is 32.2 Å². The summed E-state index contributed by atoms with van der Waals surface area (Å²) >= 11 is 0. The standard InChI is InChI=1S/C19H20N4O4/c1-13(16-6-4-5-7-17(16)26-3)22(2)12-18-20-19(21-27-18)14-8-10-15(11-9-14)23(24)25/h4-11,13H,12H2,1-3H3. The molecule has 0 bridgehead atoms. The maximum absolute atomic E-state index is 10.7. The van der Waals surface area contributed by atoms with Crippen LogP contribution in [0, 0.1) is 10.1 Å². The Bertz CT molecular complexity index is 923. The van der Waals surface area contributed by atoms with E-state index in [-0.39, 0.29) is 11.7 Å². The number of methoxy groups -OCH3 is 1. The Labute approximate surface area is 156 Å². The average molecular weight is 368 g/mol. The summed E-state index contributed by atoms with van der Waals surface area (Å²) in [5.74, 6) is 1.69. The highest BCUT2D eigenvalue weighted by Gasteiger charge is 2.19. The minimum atomic E-state index is -0.445. The largest absolute Gasteiger partial charge is 0.496 e. The van der Waals surface area contributed by atoms with Crippen molar-refractivity contribution in [3.8, 4) is 17.1 Å². The van der Waals surface area contributed by atoms with E-state index in [1.165, 1.54) is 12.1 Å². The van der Waals surface area contributed by atoms with Crippen molar-refractivity contribution in [1.29, 1.82) is 0 Å². The van der Waals surface area contributed by atoms with Crippen LogP contribution in [0.15, 0.2) is 53.1 Å². The monoisotopic (exact) mass is 368 g/mol. The zero-order valence-corrected chi connectivity index (χ0v) is 15.3. The van der Waals surface area contributed by atoms with E-state index in [0.717, 1.165) is 11.3 Å². The lowest BCUT2D eigenvalue weighted by Crippen LogP contribution is -2.22. The predicted octanol–water partition coefficient (Wildman–Crippen LogP) is 3.85. The minimum Gasteiger partial charge on any atom is -0.496 e. The third-order valence-corrected chi connectivity index (χ3v) is 4.44. The van der Waals surface area contributed by atoms with Gasteiger partial charge in [0.25, 0.3) is 5.69 Å². The average Bonchev–Trinajstić information content (AvgIpc) is 3.15. The fourth-order valence-corrected chi connectivity index (χ4v) is 2.77. The van der Waals surface area contributed by atoms with Gasteiger partial charge in [0.15, 0.2) is 0 Å². The highest BCUT2D eigenvalue weighted by molar-refractivity contribution is 5.56. The number of hydrogen-bond acceptors (Lipinski definition) is 7. The van der Waals surface area contributed by atoms with Crippen molar-refractivity contribution in [2.45, 2.75) is 19.5 Å². The molecule has 27 heavy (non-hydrogen) atoms. The maximum atomic E-state index is 10.7. The Kier molecular flexibility index (Phi) is 5.46. The van der Waals surface area contributed by atoms with Crippen molar-refractivity contribution in [2.75, 3.05) is 14.2 Å². The van der Waals surface area contributed by atoms with Crippen molar-refractivity contribution >= 4 is 5.69 Å². The van der Waals surface area contributed by atoms with Crippen LogP contribution in [0.5, 0.6) is 5.75 Å². The first-order valence-electron chi connectivity index (χ1n) is 8.40. The zero-order chi connectivity index (χ0) is 19.4. The molecule has 0 aliphatic carbocycles. The van der Waals surface area contributed by atoms with Crippen LogP contribution in [0.3, 0.4) is 0 Å². The number of aromatic nitrogens is 2. The van der Waals surface area contributed by atoms with Gasteiger partial charge in [-0.15, -0.1) is 0 Å². The number of para-hydroxylation sites is 1. The van der Waals surface area contributed by atoms with Gasteiger partial charge in [0.05, 0.1) is 18.6 Å². The summed E-state index contributed by atoms with van der Waals surface area (Å²) < 4.78 is 10.8. The Morgan fingerprint density at radius 1 is 1.22 bits per heavy atom. The van der Waals surface area contributed by atoms with Crippen LogP contribution in [0.2, 0.25) is 0 Å². The number of benzene rings is 2. The molecular weight excluding hydrogens is 348 g/mol. The Morgan fingerprint density at radius 2 is 1.93 bits per heavy atom. The van der Waals surface area contributed by atoms with Crippen molar-refractivity contribution in [3.05, 3.63) is 70.1 Å².